The van der Waals surface area contributed by atoms with E-state index in [-0.39, 0.29) is 12.1 Å². The average molecular weight is 298 g/mol. The van der Waals surface area contributed by atoms with Crippen LogP contribution in [0.3, 0.4) is 0 Å². The number of hydrogen-bond acceptors (Lipinski definition) is 4. The molecule has 0 saturated carbocycles. The molecule has 0 aromatic carbocycles. The number of amides is 1. The predicted molar refractivity (Wildman–Crippen MR) is 79.2 cm³/mol. The van der Waals surface area contributed by atoms with Gasteiger partial charge in [-0.2, -0.15) is 0 Å². The third kappa shape index (κ3) is 4.27. The van der Waals surface area contributed by atoms with Crippen molar-refractivity contribution in [2.75, 3.05) is 18.0 Å². The van der Waals surface area contributed by atoms with Gasteiger partial charge in [0.25, 0.3) is 0 Å². The van der Waals surface area contributed by atoms with Crippen molar-refractivity contribution in [3.8, 4) is 0 Å². The molecule has 20 heavy (non-hydrogen) atoms. The first-order valence-electron chi connectivity index (χ1n) is 6.69. The van der Waals surface area contributed by atoms with Crippen LogP contribution in [0.25, 0.3) is 0 Å². The molecular formula is C14H20ClN3O2. The van der Waals surface area contributed by atoms with Crippen molar-refractivity contribution in [1.82, 2.24) is 10.3 Å². The first-order chi connectivity index (χ1) is 9.33. The Bertz CT molecular complexity index is 488. The van der Waals surface area contributed by atoms with Crippen molar-refractivity contribution in [2.24, 2.45) is 0 Å². The van der Waals surface area contributed by atoms with E-state index < -0.39 is 5.60 Å². The molecule has 1 aromatic heterocycles. The average Bonchev–Trinajstić information content (AvgIpc) is 2.74. The predicted octanol–water partition coefficient (Wildman–Crippen LogP) is 2.84. The highest BCUT2D eigenvalue weighted by Crippen LogP contribution is 2.22. The first kappa shape index (κ1) is 14.9. The molecular weight excluding hydrogens is 278 g/mol. The minimum absolute atomic E-state index is 0.0943. The number of carbonyl (C=O) groups excluding carboxylic acids is 1. The smallest absolute Gasteiger partial charge is 0.407 e. The van der Waals surface area contributed by atoms with E-state index in [2.05, 4.69) is 15.2 Å². The van der Waals surface area contributed by atoms with Gasteiger partial charge in [-0.25, -0.2) is 9.78 Å². The summed E-state index contributed by atoms with van der Waals surface area (Å²) >= 11 is 5.89. The van der Waals surface area contributed by atoms with Crippen LogP contribution in [0.2, 0.25) is 5.15 Å². The molecule has 0 spiro atoms. The van der Waals surface area contributed by atoms with Crippen molar-refractivity contribution in [3.05, 3.63) is 23.5 Å². The maximum Gasteiger partial charge on any atom is 0.407 e. The zero-order chi connectivity index (χ0) is 14.8. The summed E-state index contributed by atoms with van der Waals surface area (Å²) in [7, 11) is 0. The van der Waals surface area contributed by atoms with Crippen LogP contribution in [-0.2, 0) is 4.74 Å². The third-order valence-corrected chi connectivity index (χ3v) is 3.19. The molecule has 0 unspecified atom stereocenters. The molecule has 1 aliphatic heterocycles. The van der Waals surface area contributed by atoms with Crippen molar-refractivity contribution < 1.29 is 9.53 Å². The second-order valence-corrected chi connectivity index (χ2v) is 6.30. The van der Waals surface area contributed by atoms with Crippen molar-refractivity contribution in [1.29, 1.82) is 0 Å². The van der Waals surface area contributed by atoms with Gasteiger partial charge in [-0.1, -0.05) is 11.6 Å². The van der Waals surface area contributed by atoms with Gasteiger partial charge in [0.1, 0.15) is 10.8 Å². The fourth-order valence-corrected chi connectivity index (χ4v) is 2.34. The number of anilines is 1. The van der Waals surface area contributed by atoms with Gasteiger partial charge in [-0.15, -0.1) is 0 Å². The van der Waals surface area contributed by atoms with E-state index in [1.165, 1.54) is 0 Å². The van der Waals surface area contributed by atoms with Crippen molar-refractivity contribution >= 4 is 23.4 Å². The SMILES string of the molecule is CC(C)(C)OC(=O)N[C@H]1CCN(c2ccnc(Cl)c2)C1. The Morgan fingerprint density at radius 3 is 2.95 bits per heavy atom. The number of nitrogens with zero attached hydrogens (tertiary/aromatic N) is 2. The number of pyridine rings is 1. The number of alkyl carbamates (subject to hydrolysis) is 1. The lowest BCUT2D eigenvalue weighted by molar-refractivity contribution is 0.0509. The summed E-state index contributed by atoms with van der Waals surface area (Å²) in [6, 6.07) is 3.84. The van der Waals surface area contributed by atoms with E-state index in [1.54, 1.807) is 6.20 Å². The topological polar surface area (TPSA) is 54.5 Å². The van der Waals surface area contributed by atoms with Crippen LogP contribution < -0.4 is 10.2 Å². The zero-order valence-corrected chi connectivity index (χ0v) is 12.8. The van der Waals surface area contributed by atoms with Gasteiger partial charge in [0.15, 0.2) is 0 Å². The Morgan fingerprint density at radius 1 is 1.55 bits per heavy atom. The molecule has 2 heterocycles. The van der Waals surface area contributed by atoms with Gasteiger partial charge in [0, 0.05) is 25.0 Å². The lowest BCUT2D eigenvalue weighted by atomic mass is 10.2. The number of aromatic nitrogens is 1. The van der Waals surface area contributed by atoms with Gasteiger partial charge in [-0.05, 0) is 39.3 Å². The normalized spacial score (nSPS) is 19.0. The highest BCUT2D eigenvalue weighted by molar-refractivity contribution is 6.29. The van der Waals surface area contributed by atoms with E-state index in [9.17, 15) is 4.79 Å². The maximum atomic E-state index is 11.7. The summed E-state index contributed by atoms with van der Waals surface area (Å²) in [4.78, 5) is 17.9. The van der Waals surface area contributed by atoms with E-state index in [1.807, 2.05) is 32.9 Å². The van der Waals surface area contributed by atoms with Gasteiger partial charge < -0.3 is 15.0 Å². The van der Waals surface area contributed by atoms with E-state index in [0.29, 0.717) is 5.15 Å². The van der Waals surface area contributed by atoms with Gasteiger partial charge >= 0.3 is 6.09 Å². The lowest BCUT2D eigenvalue weighted by Gasteiger charge is -2.22. The van der Waals surface area contributed by atoms with Crippen molar-refractivity contribution in [2.45, 2.75) is 38.8 Å². The molecule has 1 N–H and O–H groups in total. The Kier molecular flexibility index (Phi) is 4.38. The molecule has 1 fully saturated rings. The maximum absolute atomic E-state index is 11.7. The van der Waals surface area contributed by atoms with Crippen LogP contribution in [0.4, 0.5) is 10.5 Å². The molecule has 2 rings (SSSR count). The summed E-state index contributed by atoms with van der Waals surface area (Å²) in [6.45, 7) is 7.19. The second kappa shape index (κ2) is 5.87. The Morgan fingerprint density at radius 2 is 2.30 bits per heavy atom. The molecule has 6 heteroatoms. The fraction of sp³-hybridized carbons (Fsp3) is 0.571. The molecule has 1 aliphatic rings. The monoisotopic (exact) mass is 297 g/mol. The third-order valence-electron chi connectivity index (χ3n) is 2.98. The van der Waals surface area contributed by atoms with Crippen LogP contribution in [0.1, 0.15) is 27.2 Å². The van der Waals surface area contributed by atoms with E-state index in [0.717, 1.165) is 25.2 Å². The van der Waals surface area contributed by atoms with Crippen molar-refractivity contribution in [3.63, 3.8) is 0 Å². The van der Waals surface area contributed by atoms with Crippen LogP contribution >= 0.6 is 11.6 Å². The van der Waals surface area contributed by atoms with Gasteiger partial charge in [-0.3, -0.25) is 0 Å². The van der Waals surface area contributed by atoms with Crippen LogP contribution in [0.5, 0.6) is 0 Å². The highest BCUT2D eigenvalue weighted by atomic mass is 35.5. The van der Waals surface area contributed by atoms with E-state index >= 15 is 0 Å². The van der Waals surface area contributed by atoms with Gasteiger partial charge in [0.2, 0.25) is 0 Å². The number of nitrogens with one attached hydrogen (secondary N) is 1. The van der Waals surface area contributed by atoms with Crippen LogP contribution in [0, 0.1) is 0 Å². The molecule has 1 saturated heterocycles. The van der Waals surface area contributed by atoms with E-state index in [4.69, 9.17) is 16.3 Å². The minimum Gasteiger partial charge on any atom is -0.444 e. The quantitative estimate of drug-likeness (QED) is 0.853. The molecule has 0 aliphatic carbocycles. The Balaban J connectivity index is 1.88. The summed E-state index contributed by atoms with van der Waals surface area (Å²) in [5.74, 6) is 0. The highest BCUT2D eigenvalue weighted by Gasteiger charge is 2.26. The molecule has 0 radical (unpaired) electrons. The summed E-state index contributed by atoms with van der Waals surface area (Å²) in [6.07, 6.45) is 2.21. The van der Waals surface area contributed by atoms with Crippen LogP contribution in [-0.4, -0.2) is 35.8 Å². The number of rotatable bonds is 2. The number of carbonyl (C=O) groups is 1. The summed E-state index contributed by atoms with van der Waals surface area (Å²) in [5, 5.41) is 3.38. The molecule has 5 nitrogen and oxygen atoms in total. The molecule has 0 bridgehead atoms. The lowest BCUT2D eigenvalue weighted by Crippen LogP contribution is -2.40. The Hall–Kier alpha value is -1.49. The molecule has 110 valence electrons. The minimum atomic E-state index is -0.471. The number of hydrogen-bond donors (Lipinski definition) is 1. The Labute approximate surface area is 124 Å². The molecule has 1 amide bonds. The van der Waals surface area contributed by atoms with Gasteiger partial charge in [0.05, 0.1) is 6.04 Å². The van der Waals surface area contributed by atoms with Crippen LogP contribution in [0.15, 0.2) is 18.3 Å². The summed E-state index contributed by atoms with van der Waals surface area (Å²) < 4.78 is 5.26. The number of ether oxygens (including phenoxy) is 1. The summed E-state index contributed by atoms with van der Waals surface area (Å²) in [5.41, 5.74) is 0.555. The number of halogens is 1. The zero-order valence-electron chi connectivity index (χ0n) is 12.0. The molecule has 1 aromatic rings. The molecule has 1 atom stereocenters. The second-order valence-electron chi connectivity index (χ2n) is 5.91. The standard InChI is InChI=1S/C14H20ClN3O2/c1-14(2,3)20-13(19)17-10-5-7-18(9-10)11-4-6-16-12(15)8-11/h4,6,8,10H,5,7,9H2,1-3H3,(H,17,19)/t10-/m0/s1. The fourth-order valence-electron chi connectivity index (χ4n) is 2.18. The largest absolute Gasteiger partial charge is 0.444 e. The first-order valence-corrected chi connectivity index (χ1v) is 7.07.